The van der Waals surface area contributed by atoms with Crippen LogP contribution in [0.3, 0.4) is 0 Å². The van der Waals surface area contributed by atoms with Crippen LogP contribution in [0.4, 0.5) is 5.13 Å². The number of nitrogens with two attached hydrogens (primary N) is 1. The van der Waals surface area contributed by atoms with Gasteiger partial charge < -0.3 is 10.5 Å². The van der Waals surface area contributed by atoms with Crippen molar-refractivity contribution in [2.45, 2.75) is 20.8 Å². The van der Waals surface area contributed by atoms with Gasteiger partial charge in [-0.25, -0.2) is 4.98 Å². The van der Waals surface area contributed by atoms with E-state index in [2.05, 4.69) is 18.0 Å². The molecule has 4 heteroatoms. The van der Waals surface area contributed by atoms with Crippen LogP contribution < -0.4 is 10.5 Å². The molecule has 0 unspecified atom stereocenters. The number of aryl methyl sites for hydroxylation is 2. The number of ether oxygens (including phenoxy) is 1. The number of rotatable bonds is 2. The van der Waals surface area contributed by atoms with E-state index in [0.717, 1.165) is 21.5 Å². The summed E-state index contributed by atoms with van der Waals surface area (Å²) in [6.07, 6.45) is 0. The zero-order valence-electron chi connectivity index (χ0n) is 9.13. The average molecular weight is 222 g/mol. The molecule has 0 aliphatic heterocycles. The third-order valence-electron chi connectivity index (χ3n) is 2.30. The molecule has 0 atom stereocenters. The molecular formula is C11H14N2OS. The molecule has 2 rings (SSSR count). The van der Waals surface area contributed by atoms with Gasteiger partial charge in [0, 0.05) is 0 Å². The predicted octanol–water partition coefficient (Wildman–Crippen LogP) is 2.89. The summed E-state index contributed by atoms with van der Waals surface area (Å²) in [7, 11) is 0. The smallest absolute Gasteiger partial charge is 0.181 e. The number of benzene rings is 1. The quantitative estimate of drug-likeness (QED) is 0.850. The van der Waals surface area contributed by atoms with Crippen LogP contribution >= 0.6 is 11.3 Å². The number of anilines is 1. The molecule has 1 heterocycles. The first kappa shape index (κ1) is 10.2. The first-order valence-electron chi connectivity index (χ1n) is 4.92. The Bertz CT molecular complexity index is 505. The second kappa shape index (κ2) is 3.70. The first-order chi connectivity index (χ1) is 7.13. The highest BCUT2D eigenvalue weighted by Crippen LogP contribution is 2.36. The number of nitrogens with zero attached hydrogens (tertiary/aromatic N) is 1. The van der Waals surface area contributed by atoms with Crippen molar-refractivity contribution in [1.29, 1.82) is 0 Å². The Hall–Kier alpha value is -1.29. The van der Waals surface area contributed by atoms with Crippen molar-refractivity contribution in [2.75, 3.05) is 12.3 Å². The molecule has 0 saturated carbocycles. The lowest BCUT2D eigenvalue weighted by Crippen LogP contribution is -1.96. The Morgan fingerprint density at radius 1 is 1.40 bits per heavy atom. The molecule has 1 aromatic carbocycles. The van der Waals surface area contributed by atoms with Crippen LogP contribution in [0.15, 0.2) is 6.07 Å². The summed E-state index contributed by atoms with van der Waals surface area (Å²) in [4.78, 5) is 4.32. The van der Waals surface area contributed by atoms with Gasteiger partial charge in [0.15, 0.2) is 5.13 Å². The molecule has 0 radical (unpaired) electrons. The van der Waals surface area contributed by atoms with Crippen LogP contribution in [0.25, 0.3) is 10.2 Å². The van der Waals surface area contributed by atoms with E-state index in [1.165, 1.54) is 16.9 Å². The van der Waals surface area contributed by atoms with Crippen LogP contribution in [0, 0.1) is 13.8 Å². The van der Waals surface area contributed by atoms with Gasteiger partial charge in [-0.1, -0.05) is 17.4 Å². The number of aromatic nitrogens is 1. The fraction of sp³-hybridized carbons (Fsp3) is 0.364. The highest BCUT2D eigenvalue weighted by molar-refractivity contribution is 7.22. The highest BCUT2D eigenvalue weighted by atomic mass is 32.1. The van der Waals surface area contributed by atoms with E-state index in [1.54, 1.807) is 0 Å². The summed E-state index contributed by atoms with van der Waals surface area (Å²) in [5.41, 5.74) is 8.95. The molecule has 15 heavy (non-hydrogen) atoms. The summed E-state index contributed by atoms with van der Waals surface area (Å²) in [6.45, 7) is 6.73. The number of thiazole rings is 1. The van der Waals surface area contributed by atoms with Crippen molar-refractivity contribution in [2.24, 2.45) is 0 Å². The summed E-state index contributed by atoms with van der Waals surface area (Å²) in [5, 5.41) is 0.597. The van der Waals surface area contributed by atoms with Crippen molar-refractivity contribution in [1.82, 2.24) is 4.98 Å². The SMILES string of the molecule is CCOc1c(C)cc(C)c2sc(N)nc12. The van der Waals surface area contributed by atoms with E-state index in [-0.39, 0.29) is 0 Å². The zero-order chi connectivity index (χ0) is 11.0. The van der Waals surface area contributed by atoms with Gasteiger partial charge in [-0.3, -0.25) is 0 Å². The minimum absolute atomic E-state index is 0.597. The van der Waals surface area contributed by atoms with E-state index in [9.17, 15) is 0 Å². The van der Waals surface area contributed by atoms with Gasteiger partial charge in [0.05, 0.1) is 11.3 Å². The van der Waals surface area contributed by atoms with Crippen LogP contribution in [0.2, 0.25) is 0 Å². The minimum atomic E-state index is 0.597. The van der Waals surface area contributed by atoms with E-state index in [1.807, 2.05) is 13.8 Å². The van der Waals surface area contributed by atoms with Gasteiger partial charge >= 0.3 is 0 Å². The van der Waals surface area contributed by atoms with Gasteiger partial charge in [-0.05, 0) is 31.9 Å². The van der Waals surface area contributed by atoms with Crippen molar-refractivity contribution in [3.63, 3.8) is 0 Å². The summed E-state index contributed by atoms with van der Waals surface area (Å²) in [5.74, 6) is 0.867. The van der Waals surface area contributed by atoms with E-state index < -0.39 is 0 Å². The highest BCUT2D eigenvalue weighted by Gasteiger charge is 2.12. The predicted molar refractivity (Wildman–Crippen MR) is 64.7 cm³/mol. The fourth-order valence-electron chi connectivity index (χ4n) is 1.73. The van der Waals surface area contributed by atoms with Crippen LogP contribution in [-0.4, -0.2) is 11.6 Å². The molecule has 2 aromatic rings. The van der Waals surface area contributed by atoms with Crippen molar-refractivity contribution >= 4 is 26.7 Å². The monoisotopic (exact) mass is 222 g/mol. The number of fused-ring (bicyclic) bond motifs is 1. The number of nitrogen functional groups attached to an aromatic ring is 1. The van der Waals surface area contributed by atoms with Crippen LogP contribution in [0.5, 0.6) is 5.75 Å². The third kappa shape index (κ3) is 1.65. The Morgan fingerprint density at radius 3 is 2.80 bits per heavy atom. The second-order valence-corrected chi connectivity index (χ2v) is 4.53. The lowest BCUT2D eigenvalue weighted by atomic mass is 10.1. The lowest BCUT2D eigenvalue weighted by Gasteiger charge is -2.08. The Balaban J connectivity index is 2.76. The number of hydrogen-bond donors (Lipinski definition) is 1. The molecule has 0 saturated heterocycles. The minimum Gasteiger partial charge on any atom is -0.491 e. The molecule has 2 N–H and O–H groups in total. The molecule has 0 aliphatic carbocycles. The second-order valence-electron chi connectivity index (χ2n) is 3.50. The van der Waals surface area contributed by atoms with Crippen LogP contribution in [0.1, 0.15) is 18.1 Å². The van der Waals surface area contributed by atoms with Crippen molar-refractivity contribution in [3.8, 4) is 5.75 Å². The maximum atomic E-state index is 5.73. The van der Waals surface area contributed by atoms with Crippen molar-refractivity contribution < 1.29 is 4.74 Å². The molecule has 0 fully saturated rings. The van der Waals surface area contributed by atoms with Crippen LogP contribution in [-0.2, 0) is 0 Å². The molecule has 1 aromatic heterocycles. The van der Waals surface area contributed by atoms with Gasteiger partial charge in [0.1, 0.15) is 11.3 Å². The lowest BCUT2D eigenvalue weighted by molar-refractivity contribution is 0.341. The van der Waals surface area contributed by atoms with E-state index in [4.69, 9.17) is 10.5 Å². The maximum absolute atomic E-state index is 5.73. The Labute approximate surface area is 92.9 Å². The Kier molecular flexibility index (Phi) is 2.52. The largest absolute Gasteiger partial charge is 0.491 e. The maximum Gasteiger partial charge on any atom is 0.181 e. The van der Waals surface area contributed by atoms with E-state index >= 15 is 0 Å². The third-order valence-corrected chi connectivity index (χ3v) is 3.32. The van der Waals surface area contributed by atoms with Gasteiger partial charge in [-0.2, -0.15) is 0 Å². The molecule has 0 bridgehead atoms. The standard InChI is InChI=1S/C11H14N2OS/c1-4-14-9-6(2)5-7(3)10-8(9)13-11(12)15-10/h5H,4H2,1-3H3,(H2,12,13). The fourth-order valence-corrected chi connectivity index (χ4v) is 2.53. The summed E-state index contributed by atoms with van der Waals surface area (Å²) < 4.78 is 6.73. The molecule has 0 spiro atoms. The molecule has 0 amide bonds. The molecular weight excluding hydrogens is 208 g/mol. The van der Waals surface area contributed by atoms with E-state index in [0.29, 0.717) is 11.7 Å². The van der Waals surface area contributed by atoms with Gasteiger partial charge in [0.2, 0.25) is 0 Å². The molecule has 0 aliphatic rings. The topological polar surface area (TPSA) is 48.1 Å². The Morgan fingerprint density at radius 2 is 2.13 bits per heavy atom. The summed E-state index contributed by atoms with van der Waals surface area (Å²) >= 11 is 1.51. The normalized spacial score (nSPS) is 10.9. The molecule has 80 valence electrons. The average Bonchev–Trinajstić information content (AvgIpc) is 2.55. The van der Waals surface area contributed by atoms with Gasteiger partial charge in [-0.15, -0.1) is 0 Å². The zero-order valence-corrected chi connectivity index (χ0v) is 9.94. The van der Waals surface area contributed by atoms with Crippen molar-refractivity contribution in [3.05, 3.63) is 17.2 Å². The number of hydrogen-bond acceptors (Lipinski definition) is 4. The first-order valence-corrected chi connectivity index (χ1v) is 5.74. The summed E-state index contributed by atoms with van der Waals surface area (Å²) in [6, 6.07) is 2.12. The van der Waals surface area contributed by atoms with Gasteiger partial charge in [0.25, 0.3) is 0 Å². The molecule has 3 nitrogen and oxygen atoms in total.